The number of amides is 3. The van der Waals surface area contributed by atoms with E-state index < -0.39 is 23.3 Å². The Morgan fingerprint density at radius 2 is 1.80 bits per heavy atom. The van der Waals surface area contributed by atoms with Crippen molar-refractivity contribution in [3.63, 3.8) is 0 Å². The lowest BCUT2D eigenvalue weighted by molar-refractivity contribution is -0.605. The summed E-state index contributed by atoms with van der Waals surface area (Å²) in [6.45, 7) is 3.50. The van der Waals surface area contributed by atoms with Crippen LogP contribution in [0.1, 0.15) is 30.9 Å². The molecule has 0 saturated heterocycles. The predicted molar refractivity (Wildman–Crippen MR) is 108 cm³/mol. The van der Waals surface area contributed by atoms with Crippen molar-refractivity contribution in [2.45, 2.75) is 19.8 Å². The van der Waals surface area contributed by atoms with Crippen LogP contribution in [-0.4, -0.2) is 16.9 Å². The third-order valence-corrected chi connectivity index (χ3v) is 5.28. The fourth-order valence-corrected chi connectivity index (χ4v) is 3.76. The Hall–Kier alpha value is -3.94. The molecule has 8 nitrogen and oxygen atoms in total. The van der Waals surface area contributed by atoms with E-state index in [9.17, 15) is 14.8 Å². The van der Waals surface area contributed by atoms with Crippen LogP contribution in [0.4, 0.5) is 4.79 Å². The first-order valence-electron chi connectivity index (χ1n) is 9.35. The number of para-hydroxylation sites is 1. The average Bonchev–Trinajstić information content (AvgIpc) is 2.71. The number of imide groups is 1. The van der Waals surface area contributed by atoms with E-state index in [4.69, 9.17) is 10.5 Å². The molecule has 1 atom stereocenters. The number of ether oxygens (including phenoxy) is 1. The SMILES string of the molecule is CC(C)(C(=O)NC(N)=O)[C@H]1c2ccccc2Oc2nc(-c3cc[n+]([O-])cc3)ccc21. The number of hydrogen-bond acceptors (Lipinski definition) is 5. The minimum atomic E-state index is -1.02. The molecule has 0 radical (unpaired) electrons. The highest BCUT2D eigenvalue weighted by Crippen LogP contribution is 2.51. The minimum absolute atomic E-state index is 0.370. The number of rotatable bonds is 3. The molecule has 2 aromatic heterocycles. The Balaban J connectivity index is 1.83. The smallest absolute Gasteiger partial charge is 0.318 e. The second kappa shape index (κ2) is 7.14. The van der Waals surface area contributed by atoms with Crippen LogP contribution in [0, 0.1) is 10.6 Å². The second-order valence-corrected chi connectivity index (χ2v) is 7.65. The van der Waals surface area contributed by atoms with Gasteiger partial charge in [-0.3, -0.25) is 10.1 Å². The molecule has 3 amide bonds. The highest BCUT2D eigenvalue weighted by Gasteiger charge is 2.44. The molecule has 0 fully saturated rings. The van der Waals surface area contributed by atoms with Crippen molar-refractivity contribution in [3.8, 4) is 22.9 Å². The molecule has 1 aliphatic rings. The van der Waals surface area contributed by atoms with E-state index in [0.29, 0.717) is 22.1 Å². The molecule has 0 saturated carbocycles. The fraction of sp³-hybridized carbons (Fsp3) is 0.182. The summed E-state index contributed by atoms with van der Waals surface area (Å²) >= 11 is 0. The standard InChI is InChI=1S/C22H20N4O4/c1-22(2,20(27)25-21(23)28)18-14-5-3-4-6-17(14)30-19-15(18)7-8-16(24-19)13-9-11-26(29)12-10-13/h3-12,18H,1-2H3,(H3,23,25,27,28)/t18-/m0/s1. The van der Waals surface area contributed by atoms with Gasteiger partial charge in [-0.05, 0) is 12.1 Å². The number of pyridine rings is 2. The summed E-state index contributed by atoms with van der Waals surface area (Å²) < 4.78 is 6.75. The van der Waals surface area contributed by atoms with Gasteiger partial charge in [-0.25, -0.2) is 9.78 Å². The molecule has 4 rings (SSSR count). The van der Waals surface area contributed by atoms with Gasteiger partial charge in [0.1, 0.15) is 5.75 Å². The molecule has 3 aromatic rings. The molecule has 3 N–H and O–H groups in total. The third-order valence-electron chi connectivity index (χ3n) is 5.28. The molecule has 30 heavy (non-hydrogen) atoms. The zero-order valence-corrected chi connectivity index (χ0v) is 16.5. The molecule has 1 aliphatic heterocycles. The number of carbonyl (C=O) groups is 2. The van der Waals surface area contributed by atoms with Gasteiger partial charge in [0.05, 0.1) is 11.1 Å². The summed E-state index contributed by atoms with van der Waals surface area (Å²) in [5.41, 5.74) is 7.08. The molecule has 8 heteroatoms. The van der Waals surface area contributed by atoms with E-state index in [-0.39, 0.29) is 0 Å². The molecule has 0 aliphatic carbocycles. The summed E-state index contributed by atoms with van der Waals surface area (Å²) in [4.78, 5) is 28.7. The van der Waals surface area contributed by atoms with Gasteiger partial charge in [0.25, 0.3) is 0 Å². The first kappa shape index (κ1) is 19.4. The summed E-state index contributed by atoms with van der Waals surface area (Å²) in [5.74, 6) is 0.0489. The maximum atomic E-state index is 12.8. The molecule has 0 unspecified atom stereocenters. The number of primary amides is 1. The van der Waals surface area contributed by atoms with E-state index in [1.807, 2.05) is 36.4 Å². The number of nitrogens with zero attached hydrogens (tertiary/aromatic N) is 2. The number of nitrogens with one attached hydrogen (secondary N) is 1. The van der Waals surface area contributed by atoms with E-state index >= 15 is 0 Å². The highest BCUT2D eigenvalue weighted by molar-refractivity contribution is 5.97. The predicted octanol–water partition coefficient (Wildman–Crippen LogP) is 2.84. The number of fused-ring (bicyclic) bond motifs is 2. The number of aromatic nitrogens is 2. The Kier molecular flexibility index (Phi) is 4.62. The maximum Gasteiger partial charge on any atom is 0.318 e. The van der Waals surface area contributed by atoms with E-state index in [1.54, 1.807) is 26.0 Å². The fourth-order valence-electron chi connectivity index (χ4n) is 3.76. The largest absolute Gasteiger partial charge is 0.619 e. The van der Waals surface area contributed by atoms with Crippen LogP contribution in [0.15, 0.2) is 60.9 Å². The van der Waals surface area contributed by atoms with Gasteiger partial charge in [-0.15, -0.1) is 0 Å². The summed E-state index contributed by atoms with van der Waals surface area (Å²) in [7, 11) is 0. The van der Waals surface area contributed by atoms with Crippen LogP contribution >= 0.6 is 0 Å². The Morgan fingerprint density at radius 1 is 1.10 bits per heavy atom. The molecular weight excluding hydrogens is 384 g/mol. The minimum Gasteiger partial charge on any atom is -0.619 e. The van der Waals surface area contributed by atoms with E-state index in [1.165, 1.54) is 12.4 Å². The normalized spacial score (nSPS) is 14.8. The van der Waals surface area contributed by atoms with Crippen molar-refractivity contribution < 1.29 is 19.1 Å². The first-order chi connectivity index (χ1) is 14.3. The quantitative estimate of drug-likeness (QED) is 0.514. The molecule has 152 valence electrons. The third kappa shape index (κ3) is 3.32. The van der Waals surface area contributed by atoms with Gasteiger partial charge in [-0.1, -0.05) is 38.1 Å². The monoisotopic (exact) mass is 404 g/mol. The van der Waals surface area contributed by atoms with Crippen molar-refractivity contribution in [2.75, 3.05) is 0 Å². The van der Waals surface area contributed by atoms with Crippen LogP contribution in [-0.2, 0) is 4.79 Å². The van der Waals surface area contributed by atoms with Gasteiger partial charge in [0, 0.05) is 34.7 Å². The lowest BCUT2D eigenvalue weighted by Gasteiger charge is -2.37. The van der Waals surface area contributed by atoms with E-state index in [2.05, 4.69) is 10.3 Å². The van der Waals surface area contributed by atoms with Crippen molar-refractivity contribution >= 4 is 11.9 Å². The molecule has 3 heterocycles. The molecular formula is C22H20N4O4. The average molecular weight is 404 g/mol. The number of urea groups is 1. The maximum absolute atomic E-state index is 12.8. The molecule has 1 aromatic carbocycles. The van der Waals surface area contributed by atoms with Gasteiger partial charge in [0.15, 0.2) is 12.4 Å². The number of hydrogen-bond donors (Lipinski definition) is 2. The van der Waals surface area contributed by atoms with E-state index in [0.717, 1.165) is 16.7 Å². The zero-order valence-electron chi connectivity index (χ0n) is 16.5. The molecule has 0 bridgehead atoms. The van der Waals surface area contributed by atoms with Crippen LogP contribution in [0.2, 0.25) is 0 Å². The lowest BCUT2D eigenvalue weighted by Crippen LogP contribution is -2.46. The van der Waals surface area contributed by atoms with Crippen LogP contribution in [0.25, 0.3) is 11.3 Å². The second-order valence-electron chi connectivity index (χ2n) is 7.65. The lowest BCUT2D eigenvalue weighted by atomic mass is 9.69. The van der Waals surface area contributed by atoms with Gasteiger partial charge in [-0.2, -0.15) is 4.73 Å². The van der Waals surface area contributed by atoms with Gasteiger partial charge >= 0.3 is 6.03 Å². The number of nitrogens with two attached hydrogens (primary N) is 1. The van der Waals surface area contributed by atoms with Crippen LogP contribution in [0.3, 0.4) is 0 Å². The number of carbonyl (C=O) groups excluding carboxylic acids is 2. The topological polar surface area (TPSA) is 121 Å². The summed E-state index contributed by atoms with van der Waals surface area (Å²) in [6.07, 6.45) is 2.79. The van der Waals surface area contributed by atoms with Crippen molar-refractivity contribution in [3.05, 3.63) is 77.3 Å². The van der Waals surface area contributed by atoms with Crippen molar-refractivity contribution in [1.29, 1.82) is 0 Å². The summed E-state index contributed by atoms with van der Waals surface area (Å²) in [5, 5.41) is 13.5. The number of benzene rings is 1. The first-order valence-corrected chi connectivity index (χ1v) is 9.35. The Morgan fingerprint density at radius 3 is 2.50 bits per heavy atom. The van der Waals surface area contributed by atoms with Gasteiger partial charge < -0.3 is 15.7 Å². The Bertz CT molecular complexity index is 1140. The van der Waals surface area contributed by atoms with Crippen LogP contribution < -0.4 is 20.5 Å². The highest BCUT2D eigenvalue weighted by atomic mass is 16.5. The summed E-state index contributed by atoms with van der Waals surface area (Å²) in [6, 6.07) is 13.5. The van der Waals surface area contributed by atoms with Crippen molar-refractivity contribution in [1.82, 2.24) is 10.3 Å². The van der Waals surface area contributed by atoms with Gasteiger partial charge in [0.2, 0.25) is 11.8 Å². The Labute approximate surface area is 172 Å². The van der Waals surface area contributed by atoms with Crippen LogP contribution in [0.5, 0.6) is 11.6 Å². The zero-order chi connectivity index (χ0) is 21.5. The van der Waals surface area contributed by atoms with Crippen molar-refractivity contribution in [2.24, 2.45) is 11.1 Å². The molecule has 0 spiro atoms.